The third-order valence-electron chi connectivity index (χ3n) is 5.35. The zero-order chi connectivity index (χ0) is 22.2. The van der Waals surface area contributed by atoms with Gasteiger partial charge in [0.1, 0.15) is 11.5 Å². The maximum Gasteiger partial charge on any atom is 0.420 e. The molecule has 0 spiro atoms. The molecule has 4 rings (SSSR count). The van der Waals surface area contributed by atoms with Crippen LogP contribution in [0, 0.1) is 0 Å². The van der Waals surface area contributed by atoms with Crippen molar-refractivity contribution >= 4 is 17.2 Å². The number of nitrogens with zero attached hydrogens (tertiary/aromatic N) is 4. The molecule has 3 atom stereocenters. The predicted molar refractivity (Wildman–Crippen MR) is 105 cm³/mol. The number of aliphatic hydroxyl groups excluding tert-OH is 1. The zero-order valence-corrected chi connectivity index (χ0v) is 17.2. The van der Waals surface area contributed by atoms with Gasteiger partial charge < -0.3 is 14.5 Å². The summed E-state index contributed by atoms with van der Waals surface area (Å²) in [5, 5.41) is 14.6. The monoisotopic (exact) mass is 452 g/mol. The lowest BCUT2D eigenvalue weighted by Gasteiger charge is -2.37. The fourth-order valence-electron chi connectivity index (χ4n) is 3.64. The third kappa shape index (κ3) is 4.33. The van der Waals surface area contributed by atoms with Gasteiger partial charge in [-0.2, -0.15) is 13.2 Å². The van der Waals surface area contributed by atoms with Crippen LogP contribution in [0.15, 0.2) is 40.5 Å². The van der Waals surface area contributed by atoms with E-state index in [4.69, 9.17) is 4.52 Å². The van der Waals surface area contributed by atoms with Crippen molar-refractivity contribution in [3.8, 4) is 10.7 Å². The van der Waals surface area contributed by atoms with Gasteiger partial charge in [-0.3, -0.25) is 4.79 Å². The van der Waals surface area contributed by atoms with E-state index in [2.05, 4.69) is 15.1 Å². The highest BCUT2D eigenvalue weighted by molar-refractivity contribution is 7.14. The van der Waals surface area contributed by atoms with Gasteiger partial charge in [-0.1, -0.05) is 5.16 Å². The predicted octanol–water partition coefficient (Wildman–Crippen LogP) is 4.20. The maximum atomic E-state index is 13.3. The van der Waals surface area contributed by atoms with E-state index in [9.17, 15) is 23.1 Å². The molecule has 31 heavy (non-hydrogen) atoms. The number of aliphatic hydroxyl groups is 1. The number of carbonyl (C=O) groups excluding carboxylic acids is 1. The molecule has 7 nitrogen and oxygen atoms in total. The number of alkyl halides is 3. The molecule has 0 saturated carbocycles. The van der Waals surface area contributed by atoms with E-state index in [1.165, 1.54) is 11.3 Å². The average molecular weight is 452 g/mol. The molecule has 3 aromatic rings. The molecule has 4 heterocycles. The van der Waals surface area contributed by atoms with Crippen LogP contribution in [-0.2, 0) is 0 Å². The first kappa shape index (κ1) is 21.4. The summed E-state index contributed by atoms with van der Waals surface area (Å²) in [6.07, 6.45) is -3.05. The second kappa shape index (κ2) is 8.39. The Kier molecular flexibility index (Phi) is 5.80. The molecule has 1 N–H and O–H groups in total. The van der Waals surface area contributed by atoms with Crippen molar-refractivity contribution in [3.05, 3.63) is 53.0 Å². The molecule has 0 aromatic carbocycles. The van der Waals surface area contributed by atoms with E-state index >= 15 is 0 Å². The Bertz CT molecular complexity index is 1050. The fraction of sp³-hybridized carbons (Fsp3) is 0.400. The molecule has 1 aliphatic rings. The Hall–Kier alpha value is -2.79. The zero-order valence-electron chi connectivity index (χ0n) is 16.4. The summed E-state index contributed by atoms with van der Waals surface area (Å²) in [4.78, 5) is 24.1. The van der Waals surface area contributed by atoms with Crippen LogP contribution in [0.25, 0.3) is 10.7 Å². The number of thiophene rings is 1. The summed E-state index contributed by atoms with van der Waals surface area (Å²) < 4.78 is 43.3. The molecular formula is C20H19F3N4O3S. The summed E-state index contributed by atoms with van der Waals surface area (Å²) >= 11 is 1.37. The lowest BCUT2D eigenvalue weighted by Crippen LogP contribution is -2.44. The number of hydrogen-bond acceptors (Lipinski definition) is 7. The van der Waals surface area contributed by atoms with Gasteiger partial charge in [0.2, 0.25) is 0 Å². The first-order valence-electron chi connectivity index (χ1n) is 9.63. The van der Waals surface area contributed by atoms with Crippen molar-refractivity contribution < 1.29 is 27.6 Å². The summed E-state index contributed by atoms with van der Waals surface area (Å²) in [6, 6.07) is 4.48. The Morgan fingerprint density at radius 2 is 2.06 bits per heavy atom. The number of aromatic nitrogens is 3. The van der Waals surface area contributed by atoms with Crippen LogP contribution < -0.4 is 0 Å². The van der Waals surface area contributed by atoms with Crippen molar-refractivity contribution in [1.29, 1.82) is 0 Å². The molecule has 1 saturated heterocycles. The number of halogens is 3. The minimum atomic E-state index is -4.83. The van der Waals surface area contributed by atoms with Crippen LogP contribution >= 0.6 is 11.3 Å². The molecule has 3 aromatic heterocycles. The van der Waals surface area contributed by atoms with Gasteiger partial charge in [0, 0.05) is 37.0 Å². The normalized spacial score (nSPS) is 20.6. The molecular weight excluding hydrogens is 433 g/mol. The second-order valence-electron chi connectivity index (χ2n) is 7.41. The van der Waals surface area contributed by atoms with Gasteiger partial charge >= 0.3 is 6.18 Å². The smallest absolute Gasteiger partial charge is 0.378 e. The van der Waals surface area contributed by atoms with Crippen molar-refractivity contribution in [2.24, 2.45) is 0 Å². The number of piperidine rings is 1. The van der Waals surface area contributed by atoms with Gasteiger partial charge in [-0.15, -0.1) is 11.3 Å². The van der Waals surface area contributed by atoms with Crippen LogP contribution in [-0.4, -0.2) is 49.8 Å². The number of carbonyl (C=O) groups is 1. The highest BCUT2D eigenvalue weighted by Crippen LogP contribution is 2.37. The first-order valence-corrected chi connectivity index (χ1v) is 10.5. The van der Waals surface area contributed by atoms with E-state index in [-0.39, 0.29) is 30.2 Å². The lowest BCUT2D eigenvalue weighted by atomic mass is 9.90. The molecule has 164 valence electrons. The maximum absolute atomic E-state index is 13.3. The van der Waals surface area contributed by atoms with Crippen LogP contribution in [0.5, 0.6) is 0 Å². The molecule has 1 amide bonds. The van der Waals surface area contributed by atoms with E-state index in [1.54, 1.807) is 34.8 Å². The number of amides is 1. The molecule has 1 fully saturated rings. The van der Waals surface area contributed by atoms with Gasteiger partial charge in [-0.25, -0.2) is 9.97 Å². The van der Waals surface area contributed by atoms with Gasteiger partial charge in [-0.05, 0) is 37.3 Å². The minimum Gasteiger partial charge on any atom is -0.378 e. The van der Waals surface area contributed by atoms with Gasteiger partial charge in [0.05, 0.1) is 10.4 Å². The summed E-state index contributed by atoms with van der Waals surface area (Å²) in [5.41, 5.74) is -0.102. The van der Waals surface area contributed by atoms with Gasteiger partial charge in [0.15, 0.2) is 11.9 Å². The van der Waals surface area contributed by atoms with E-state index < -0.39 is 18.0 Å². The van der Waals surface area contributed by atoms with Crippen LogP contribution in [0.4, 0.5) is 13.2 Å². The number of rotatable bonds is 4. The van der Waals surface area contributed by atoms with E-state index in [1.807, 2.05) is 6.92 Å². The highest BCUT2D eigenvalue weighted by atomic mass is 32.1. The molecule has 0 radical (unpaired) electrons. The second-order valence-corrected chi connectivity index (χ2v) is 8.33. The molecule has 1 aliphatic heterocycles. The Morgan fingerprint density at radius 3 is 2.77 bits per heavy atom. The Labute approximate surface area is 179 Å². The van der Waals surface area contributed by atoms with Crippen molar-refractivity contribution in [2.45, 2.75) is 44.0 Å². The summed E-state index contributed by atoms with van der Waals surface area (Å²) in [5.74, 6) is 0.163. The molecule has 11 heteroatoms. The van der Waals surface area contributed by atoms with Crippen LogP contribution in [0.1, 0.15) is 53.6 Å². The van der Waals surface area contributed by atoms with Crippen molar-refractivity contribution in [3.63, 3.8) is 0 Å². The Morgan fingerprint density at radius 1 is 1.32 bits per heavy atom. The average Bonchev–Trinajstić information content (AvgIpc) is 3.43. The standard InChI is InChI=1S/C20H19F3N4O3S/c1-11-3-4-12(15-9-14(26-30-15)17(28)20(21,22)23)10-27(11)19(29)13-5-8-31-16(13)18-24-6-2-7-25-18/h2,5-9,11-12,17,28H,3-4,10H2,1H3/t11-,12-,17-/m1/s1. The topological polar surface area (TPSA) is 92.4 Å². The third-order valence-corrected chi connectivity index (χ3v) is 6.26. The largest absolute Gasteiger partial charge is 0.420 e. The number of likely N-dealkylation sites (tertiary alicyclic amines) is 1. The molecule has 0 aliphatic carbocycles. The molecule has 0 unspecified atom stereocenters. The van der Waals surface area contributed by atoms with Crippen LogP contribution in [0.2, 0.25) is 0 Å². The van der Waals surface area contributed by atoms with E-state index in [0.29, 0.717) is 29.1 Å². The van der Waals surface area contributed by atoms with Crippen molar-refractivity contribution in [2.75, 3.05) is 6.54 Å². The summed E-state index contributed by atoms with van der Waals surface area (Å²) in [7, 11) is 0. The Balaban J connectivity index is 1.55. The van der Waals surface area contributed by atoms with Crippen molar-refractivity contribution in [1.82, 2.24) is 20.0 Å². The molecule has 0 bridgehead atoms. The van der Waals surface area contributed by atoms with Gasteiger partial charge in [0.25, 0.3) is 5.91 Å². The quantitative estimate of drug-likeness (QED) is 0.638. The van der Waals surface area contributed by atoms with Crippen LogP contribution in [0.3, 0.4) is 0 Å². The first-order chi connectivity index (χ1) is 14.8. The SMILES string of the molecule is C[C@@H]1CC[C@@H](c2cc([C@@H](O)C(F)(F)F)no2)CN1C(=O)c1ccsc1-c1ncccn1. The van der Waals surface area contributed by atoms with E-state index in [0.717, 1.165) is 6.07 Å². The highest BCUT2D eigenvalue weighted by Gasteiger charge is 2.42. The minimum absolute atomic E-state index is 0.0589. The fourth-order valence-corrected chi connectivity index (χ4v) is 4.47. The summed E-state index contributed by atoms with van der Waals surface area (Å²) in [6.45, 7) is 2.19. The number of hydrogen-bond donors (Lipinski definition) is 1. The lowest BCUT2D eigenvalue weighted by molar-refractivity contribution is -0.208.